The lowest BCUT2D eigenvalue weighted by molar-refractivity contribution is -0.140. The summed E-state index contributed by atoms with van der Waals surface area (Å²) >= 11 is 0. The highest BCUT2D eigenvalue weighted by atomic mass is 19.4. The van der Waals surface area contributed by atoms with Crippen LogP contribution in [0.5, 0.6) is 11.5 Å². The second-order valence-electron chi connectivity index (χ2n) is 6.90. The number of aromatic hydroxyl groups is 1. The number of alkyl halides is 3. The fourth-order valence-electron chi connectivity index (χ4n) is 3.41. The average Bonchev–Trinajstić information content (AvgIpc) is 3.02. The molecule has 7 heteroatoms. The van der Waals surface area contributed by atoms with Gasteiger partial charge in [0.25, 0.3) is 0 Å². The third kappa shape index (κ3) is 4.18. The molecule has 0 aromatic heterocycles. The largest absolute Gasteiger partial charge is 0.504 e. The Morgan fingerprint density at radius 2 is 1.81 bits per heavy atom. The molecule has 0 unspecified atom stereocenters. The maximum atomic E-state index is 13.8. The molecule has 27 heavy (non-hydrogen) atoms. The number of fused-ring (bicyclic) bond motifs is 1. The van der Waals surface area contributed by atoms with Gasteiger partial charge in [0.2, 0.25) is 0 Å². The van der Waals surface area contributed by atoms with E-state index >= 15 is 0 Å². The normalized spacial score (nSPS) is 15.6. The van der Waals surface area contributed by atoms with Crippen LogP contribution in [0.25, 0.3) is 0 Å². The average molecular weight is 383 g/mol. The maximum Gasteiger partial charge on any atom is 0.419 e. The van der Waals surface area contributed by atoms with Gasteiger partial charge < -0.3 is 9.84 Å². The first-order valence-corrected chi connectivity index (χ1v) is 8.67. The molecule has 3 rings (SSSR count). The zero-order chi connectivity index (χ0) is 19.8. The van der Waals surface area contributed by atoms with E-state index < -0.39 is 17.6 Å². The molecule has 0 saturated heterocycles. The van der Waals surface area contributed by atoms with Crippen molar-refractivity contribution in [3.05, 3.63) is 58.4 Å². The minimum absolute atomic E-state index is 0.0757. The lowest BCUT2D eigenvalue weighted by atomic mass is 10.0. The van der Waals surface area contributed by atoms with Gasteiger partial charge in [-0.15, -0.1) is 0 Å². The van der Waals surface area contributed by atoms with Crippen molar-refractivity contribution in [3.8, 4) is 11.5 Å². The molecular formula is C20H21F4NO2. The molecule has 1 heterocycles. The Labute approximate surface area is 155 Å². The van der Waals surface area contributed by atoms with Crippen LogP contribution >= 0.6 is 0 Å². The van der Waals surface area contributed by atoms with Crippen LogP contribution < -0.4 is 4.74 Å². The molecule has 1 aliphatic rings. The van der Waals surface area contributed by atoms with Crippen molar-refractivity contribution in [1.29, 1.82) is 0 Å². The van der Waals surface area contributed by atoms with Gasteiger partial charge in [-0.2, -0.15) is 13.2 Å². The molecule has 2 aromatic carbocycles. The molecule has 1 N–H and O–H groups in total. The Kier molecular flexibility index (Phi) is 5.33. The first kappa shape index (κ1) is 19.5. The third-order valence-electron chi connectivity index (χ3n) is 5.06. The Balaban J connectivity index is 1.66. The van der Waals surface area contributed by atoms with Crippen molar-refractivity contribution >= 4 is 0 Å². The van der Waals surface area contributed by atoms with E-state index in [4.69, 9.17) is 4.74 Å². The van der Waals surface area contributed by atoms with Gasteiger partial charge in [0.15, 0.2) is 11.5 Å². The standard InChI is InChI=1S/C20H21F4NO2/c1-12(3-4-13-5-6-18(26)19(7-13)27-2)25-10-14-8-16(20(22,23)24)17(21)9-15(14)11-25/h5-9,12,26H,3-4,10-11H2,1-2H3/t12-/m1/s1. The second kappa shape index (κ2) is 7.38. The molecule has 0 fully saturated rings. The molecule has 0 spiro atoms. The van der Waals surface area contributed by atoms with E-state index in [0.29, 0.717) is 30.0 Å². The summed E-state index contributed by atoms with van der Waals surface area (Å²) in [6.07, 6.45) is -3.18. The van der Waals surface area contributed by atoms with Gasteiger partial charge in [-0.1, -0.05) is 6.07 Å². The molecule has 0 radical (unpaired) electrons. The number of phenolic OH excluding ortho intramolecular Hbond substituents is 1. The van der Waals surface area contributed by atoms with E-state index in [9.17, 15) is 22.7 Å². The van der Waals surface area contributed by atoms with E-state index in [0.717, 1.165) is 30.5 Å². The molecule has 0 bridgehead atoms. The first-order valence-electron chi connectivity index (χ1n) is 8.67. The topological polar surface area (TPSA) is 32.7 Å². The number of hydrogen-bond donors (Lipinski definition) is 1. The zero-order valence-corrected chi connectivity index (χ0v) is 15.1. The highest BCUT2D eigenvalue weighted by Gasteiger charge is 2.36. The van der Waals surface area contributed by atoms with Gasteiger partial charge in [0.1, 0.15) is 5.82 Å². The van der Waals surface area contributed by atoms with Crippen molar-refractivity contribution in [1.82, 2.24) is 4.90 Å². The number of benzene rings is 2. The number of methoxy groups -OCH3 is 1. The Morgan fingerprint density at radius 1 is 1.15 bits per heavy atom. The molecule has 0 aliphatic carbocycles. The van der Waals surface area contributed by atoms with Crippen LogP contribution in [0.2, 0.25) is 0 Å². The van der Waals surface area contributed by atoms with Crippen LogP contribution in [-0.4, -0.2) is 23.2 Å². The highest BCUT2D eigenvalue weighted by molar-refractivity contribution is 5.42. The number of ether oxygens (including phenoxy) is 1. The number of nitrogens with zero attached hydrogens (tertiary/aromatic N) is 1. The minimum Gasteiger partial charge on any atom is -0.504 e. The summed E-state index contributed by atoms with van der Waals surface area (Å²) in [5.41, 5.74) is 0.936. The highest BCUT2D eigenvalue weighted by Crippen LogP contribution is 2.36. The van der Waals surface area contributed by atoms with Crippen molar-refractivity contribution < 1.29 is 27.4 Å². The van der Waals surface area contributed by atoms with Crippen LogP contribution in [0.1, 0.15) is 35.6 Å². The molecule has 1 atom stereocenters. The summed E-state index contributed by atoms with van der Waals surface area (Å²) in [4.78, 5) is 2.04. The van der Waals surface area contributed by atoms with Gasteiger partial charge >= 0.3 is 6.18 Å². The number of aryl methyl sites for hydroxylation is 1. The summed E-state index contributed by atoms with van der Waals surface area (Å²) in [7, 11) is 1.48. The third-order valence-corrected chi connectivity index (χ3v) is 5.06. The molecule has 0 amide bonds. The quantitative estimate of drug-likeness (QED) is 0.746. The van der Waals surface area contributed by atoms with E-state index in [1.165, 1.54) is 7.11 Å². The summed E-state index contributed by atoms with van der Waals surface area (Å²) in [5, 5.41) is 9.64. The number of phenols is 1. The lowest BCUT2D eigenvalue weighted by Gasteiger charge is -2.23. The van der Waals surface area contributed by atoms with Crippen LogP contribution in [0.3, 0.4) is 0 Å². The monoisotopic (exact) mass is 383 g/mol. The van der Waals surface area contributed by atoms with Crippen molar-refractivity contribution in [2.45, 2.75) is 45.1 Å². The number of hydrogen-bond acceptors (Lipinski definition) is 3. The first-order chi connectivity index (χ1) is 12.7. The van der Waals surface area contributed by atoms with Crippen molar-refractivity contribution in [3.63, 3.8) is 0 Å². The van der Waals surface area contributed by atoms with Gasteiger partial charge in [-0.3, -0.25) is 4.90 Å². The molecule has 0 saturated carbocycles. The van der Waals surface area contributed by atoms with Crippen LogP contribution in [0.15, 0.2) is 30.3 Å². The van der Waals surface area contributed by atoms with E-state index in [2.05, 4.69) is 0 Å². The van der Waals surface area contributed by atoms with Crippen LogP contribution in [0.4, 0.5) is 17.6 Å². The van der Waals surface area contributed by atoms with Gasteiger partial charge in [0, 0.05) is 19.1 Å². The summed E-state index contributed by atoms with van der Waals surface area (Å²) in [6, 6.07) is 7.21. The van der Waals surface area contributed by atoms with E-state index in [1.54, 1.807) is 12.1 Å². The molecule has 146 valence electrons. The predicted molar refractivity (Wildman–Crippen MR) is 93.1 cm³/mol. The zero-order valence-electron chi connectivity index (χ0n) is 15.1. The summed E-state index contributed by atoms with van der Waals surface area (Å²) < 4.78 is 57.5. The predicted octanol–water partition coefficient (Wildman–Crippen LogP) is 4.90. The van der Waals surface area contributed by atoms with Crippen molar-refractivity contribution in [2.24, 2.45) is 0 Å². The van der Waals surface area contributed by atoms with Gasteiger partial charge in [-0.05, 0) is 60.7 Å². The van der Waals surface area contributed by atoms with Crippen molar-refractivity contribution in [2.75, 3.05) is 7.11 Å². The second-order valence-corrected chi connectivity index (χ2v) is 6.90. The molecule has 2 aromatic rings. The summed E-state index contributed by atoms with van der Waals surface area (Å²) in [5.74, 6) is -0.734. The lowest BCUT2D eigenvalue weighted by Crippen LogP contribution is -2.28. The Morgan fingerprint density at radius 3 is 2.44 bits per heavy atom. The van der Waals surface area contributed by atoms with E-state index in [-0.39, 0.29) is 11.8 Å². The summed E-state index contributed by atoms with van der Waals surface area (Å²) in [6.45, 7) is 2.81. The van der Waals surface area contributed by atoms with Crippen LogP contribution in [-0.2, 0) is 25.7 Å². The Hall–Kier alpha value is -2.28. The van der Waals surface area contributed by atoms with Gasteiger partial charge in [-0.25, -0.2) is 4.39 Å². The number of rotatable bonds is 5. The minimum atomic E-state index is -4.68. The maximum absolute atomic E-state index is 13.8. The molecule has 1 aliphatic heterocycles. The fourth-order valence-corrected chi connectivity index (χ4v) is 3.41. The van der Waals surface area contributed by atoms with Crippen LogP contribution in [0, 0.1) is 5.82 Å². The Bertz CT molecular complexity index is 835. The van der Waals surface area contributed by atoms with Gasteiger partial charge in [0.05, 0.1) is 12.7 Å². The smallest absolute Gasteiger partial charge is 0.419 e. The fraction of sp³-hybridized carbons (Fsp3) is 0.400. The van der Waals surface area contributed by atoms with E-state index in [1.807, 2.05) is 17.9 Å². The number of halogens is 4. The molecule has 3 nitrogen and oxygen atoms in total. The molecular weight excluding hydrogens is 362 g/mol. The SMILES string of the molecule is COc1cc(CC[C@@H](C)N2Cc3cc(F)c(C(F)(F)F)cc3C2)ccc1O.